The van der Waals surface area contributed by atoms with E-state index in [9.17, 15) is 4.79 Å². The van der Waals surface area contributed by atoms with Gasteiger partial charge in [-0.15, -0.1) is 5.10 Å². The summed E-state index contributed by atoms with van der Waals surface area (Å²) in [6.45, 7) is 2.06. The lowest BCUT2D eigenvalue weighted by Crippen LogP contribution is -2.31. The summed E-state index contributed by atoms with van der Waals surface area (Å²) in [5.74, 6) is 2.28. The van der Waals surface area contributed by atoms with Gasteiger partial charge in [-0.1, -0.05) is 29.8 Å². The minimum Gasteiger partial charge on any atom is -0.497 e. The number of anilines is 1. The van der Waals surface area contributed by atoms with Crippen LogP contribution in [0.5, 0.6) is 5.75 Å². The maximum Gasteiger partial charge on any atom is 0.226 e. The Morgan fingerprint density at radius 2 is 1.97 bits per heavy atom. The van der Waals surface area contributed by atoms with Crippen LogP contribution in [0.2, 0.25) is 0 Å². The number of carbonyl (C=O) groups excluding carboxylic acids is 1. The molecule has 0 saturated carbocycles. The van der Waals surface area contributed by atoms with Gasteiger partial charge in [0.25, 0.3) is 0 Å². The number of ketones is 1. The monoisotopic (exact) mass is 386 g/mol. The van der Waals surface area contributed by atoms with Gasteiger partial charge in [-0.25, -0.2) is 4.68 Å². The molecule has 29 heavy (non-hydrogen) atoms. The average molecular weight is 386 g/mol. The zero-order chi connectivity index (χ0) is 20.0. The third kappa shape index (κ3) is 3.01. The molecule has 6 heteroatoms. The second-order valence-electron chi connectivity index (χ2n) is 7.54. The Balaban J connectivity index is 1.65. The van der Waals surface area contributed by atoms with Gasteiger partial charge in [0.1, 0.15) is 11.8 Å². The number of allylic oxidation sites excluding steroid dienone is 2. The summed E-state index contributed by atoms with van der Waals surface area (Å²) < 4.78 is 7.10. The Bertz CT molecular complexity index is 1130. The lowest BCUT2D eigenvalue weighted by molar-refractivity contribution is -0.116. The number of benzene rings is 2. The maximum absolute atomic E-state index is 12.9. The summed E-state index contributed by atoms with van der Waals surface area (Å²) in [5.41, 5.74) is 4.92. The summed E-state index contributed by atoms with van der Waals surface area (Å²) in [6.07, 6.45) is 2.30. The molecule has 0 radical (unpaired) electrons. The molecule has 2 heterocycles. The maximum atomic E-state index is 12.9. The molecule has 1 aliphatic carbocycles. The van der Waals surface area contributed by atoms with Crippen molar-refractivity contribution >= 4 is 11.7 Å². The van der Waals surface area contributed by atoms with E-state index >= 15 is 0 Å². The number of ether oxygens (including phenoxy) is 1. The lowest BCUT2D eigenvalue weighted by Gasteiger charge is -2.32. The van der Waals surface area contributed by atoms with Crippen LogP contribution in [0.3, 0.4) is 0 Å². The third-order valence-electron chi connectivity index (χ3n) is 5.57. The summed E-state index contributed by atoms with van der Waals surface area (Å²) in [5, 5.41) is 8.19. The van der Waals surface area contributed by atoms with Gasteiger partial charge in [-0.05, 0) is 49.6 Å². The van der Waals surface area contributed by atoms with E-state index in [1.165, 1.54) is 0 Å². The van der Waals surface area contributed by atoms with Gasteiger partial charge in [-0.2, -0.15) is 4.98 Å². The number of aromatic nitrogens is 3. The zero-order valence-corrected chi connectivity index (χ0v) is 16.5. The fourth-order valence-electron chi connectivity index (χ4n) is 4.17. The van der Waals surface area contributed by atoms with Crippen molar-refractivity contribution in [1.82, 2.24) is 14.8 Å². The van der Waals surface area contributed by atoms with E-state index in [1.54, 1.807) is 7.11 Å². The predicted molar refractivity (Wildman–Crippen MR) is 111 cm³/mol. The number of Topliss-reactive ketones (excluding diaryl/α,β-unsaturated/α-hetero) is 1. The fraction of sp³-hybridized carbons (Fsp3) is 0.261. The highest BCUT2D eigenvalue weighted by Gasteiger charge is 2.36. The highest BCUT2D eigenvalue weighted by molar-refractivity contribution is 5.99. The molecule has 0 saturated heterocycles. The van der Waals surface area contributed by atoms with E-state index in [1.807, 2.05) is 35.0 Å². The largest absolute Gasteiger partial charge is 0.497 e. The molecule has 0 spiro atoms. The summed E-state index contributed by atoms with van der Waals surface area (Å²) in [4.78, 5) is 17.6. The normalized spacial score (nSPS) is 18.1. The third-order valence-corrected chi connectivity index (χ3v) is 5.57. The Hall–Kier alpha value is -3.41. The van der Waals surface area contributed by atoms with Gasteiger partial charge in [0.2, 0.25) is 5.95 Å². The van der Waals surface area contributed by atoms with E-state index in [0.29, 0.717) is 18.2 Å². The SMILES string of the molecule is COc1ccc(-c2nc3n(n2)C(c2cccc(C)c2)C2=C(CCCC2=O)N3)cc1. The minimum absolute atomic E-state index is 0.192. The fourth-order valence-corrected chi connectivity index (χ4v) is 4.17. The van der Waals surface area contributed by atoms with Crippen molar-refractivity contribution in [3.63, 3.8) is 0 Å². The lowest BCUT2D eigenvalue weighted by atomic mass is 9.85. The number of rotatable bonds is 3. The van der Waals surface area contributed by atoms with Crippen molar-refractivity contribution in [1.29, 1.82) is 0 Å². The van der Waals surface area contributed by atoms with Crippen LogP contribution in [0.4, 0.5) is 5.95 Å². The molecule has 146 valence electrons. The van der Waals surface area contributed by atoms with Crippen molar-refractivity contribution in [2.45, 2.75) is 32.2 Å². The standard InChI is InChI=1S/C23H22N4O2/c1-14-5-3-6-16(13-14)21-20-18(7-4-8-19(20)28)24-23-25-22(26-27(21)23)15-9-11-17(29-2)12-10-15/h3,5-6,9-13,21H,4,7-8H2,1-2H3,(H,24,25,26). The molecular formula is C23H22N4O2. The Morgan fingerprint density at radius 1 is 1.14 bits per heavy atom. The minimum atomic E-state index is -0.256. The number of carbonyl (C=O) groups is 1. The molecule has 0 bridgehead atoms. The van der Waals surface area contributed by atoms with Gasteiger partial charge >= 0.3 is 0 Å². The molecule has 1 aliphatic heterocycles. The number of hydrogen-bond acceptors (Lipinski definition) is 5. The number of nitrogens with one attached hydrogen (secondary N) is 1. The number of aryl methyl sites for hydroxylation is 1. The molecule has 2 aromatic carbocycles. The first kappa shape index (κ1) is 17.7. The molecule has 3 aromatic rings. The van der Waals surface area contributed by atoms with E-state index in [2.05, 4.69) is 30.4 Å². The first-order valence-corrected chi connectivity index (χ1v) is 9.85. The van der Waals surface area contributed by atoms with E-state index < -0.39 is 0 Å². The number of methoxy groups -OCH3 is 1. The van der Waals surface area contributed by atoms with E-state index in [-0.39, 0.29) is 11.8 Å². The molecule has 5 rings (SSSR count). The van der Waals surface area contributed by atoms with Crippen LogP contribution in [0, 0.1) is 6.92 Å². The van der Waals surface area contributed by atoms with Crippen molar-refractivity contribution in [2.24, 2.45) is 0 Å². The van der Waals surface area contributed by atoms with Gasteiger partial charge < -0.3 is 10.1 Å². The molecule has 2 aliphatic rings. The van der Waals surface area contributed by atoms with Crippen LogP contribution in [-0.2, 0) is 4.79 Å². The number of fused-ring (bicyclic) bond motifs is 1. The first-order valence-electron chi connectivity index (χ1n) is 9.85. The Kier molecular flexibility index (Phi) is 4.19. The second-order valence-corrected chi connectivity index (χ2v) is 7.54. The van der Waals surface area contributed by atoms with Crippen LogP contribution in [0.1, 0.15) is 36.4 Å². The molecular weight excluding hydrogens is 364 g/mol. The molecule has 1 aromatic heterocycles. The topological polar surface area (TPSA) is 69.0 Å². The highest BCUT2D eigenvalue weighted by Crippen LogP contribution is 2.40. The molecule has 0 fully saturated rings. The van der Waals surface area contributed by atoms with Crippen LogP contribution >= 0.6 is 0 Å². The zero-order valence-electron chi connectivity index (χ0n) is 16.5. The average Bonchev–Trinajstić information content (AvgIpc) is 3.16. The van der Waals surface area contributed by atoms with Crippen LogP contribution in [0.15, 0.2) is 59.8 Å². The van der Waals surface area contributed by atoms with Gasteiger partial charge in [0.15, 0.2) is 11.6 Å². The quantitative estimate of drug-likeness (QED) is 0.727. The summed E-state index contributed by atoms with van der Waals surface area (Å²) >= 11 is 0. The first-order chi connectivity index (χ1) is 14.1. The van der Waals surface area contributed by atoms with Crippen molar-refractivity contribution in [2.75, 3.05) is 12.4 Å². The predicted octanol–water partition coefficient (Wildman–Crippen LogP) is 4.28. The van der Waals surface area contributed by atoms with Gasteiger partial charge in [-0.3, -0.25) is 4.79 Å². The summed E-state index contributed by atoms with van der Waals surface area (Å²) in [7, 11) is 1.64. The molecule has 1 unspecified atom stereocenters. The van der Waals surface area contributed by atoms with Crippen molar-refractivity contribution in [3.05, 3.63) is 70.9 Å². The van der Waals surface area contributed by atoms with E-state index in [0.717, 1.165) is 46.6 Å². The smallest absolute Gasteiger partial charge is 0.226 e. The second kappa shape index (κ2) is 6.88. The van der Waals surface area contributed by atoms with Crippen LogP contribution in [0.25, 0.3) is 11.4 Å². The molecule has 1 N–H and O–H groups in total. The van der Waals surface area contributed by atoms with E-state index in [4.69, 9.17) is 14.8 Å². The van der Waals surface area contributed by atoms with Crippen LogP contribution < -0.4 is 10.1 Å². The van der Waals surface area contributed by atoms with Gasteiger partial charge in [0, 0.05) is 23.3 Å². The van der Waals surface area contributed by atoms with Crippen molar-refractivity contribution in [3.8, 4) is 17.1 Å². The Labute approximate surface area is 169 Å². The molecule has 0 amide bonds. The Morgan fingerprint density at radius 3 is 2.72 bits per heavy atom. The highest BCUT2D eigenvalue weighted by atomic mass is 16.5. The molecule has 6 nitrogen and oxygen atoms in total. The van der Waals surface area contributed by atoms with Crippen molar-refractivity contribution < 1.29 is 9.53 Å². The summed E-state index contributed by atoms with van der Waals surface area (Å²) in [6, 6.07) is 15.7. The number of hydrogen-bond donors (Lipinski definition) is 1. The molecule has 1 atom stereocenters. The van der Waals surface area contributed by atoms with Gasteiger partial charge in [0.05, 0.1) is 7.11 Å². The number of nitrogens with zero attached hydrogens (tertiary/aromatic N) is 3. The van der Waals surface area contributed by atoms with Crippen LogP contribution in [-0.4, -0.2) is 27.7 Å².